The van der Waals surface area contributed by atoms with Crippen molar-refractivity contribution in [1.82, 2.24) is 4.90 Å². The second-order valence-corrected chi connectivity index (χ2v) is 5.28. The summed E-state index contributed by atoms with van der Waals surface area (Å²) in [5.74, 6) is -1.72. The third-order valence-corrected chi connectivity index (χ3v) is 3.65. The number of halogens is 2. The largest absolute Gasteiger partial charge is 0.341 e. The van der Waals surface area contributed by atoms with Crippen LogP contribution in [-0.2, 0) is 17.6 Å². The zero-order valence-corrected chi connectivity index (χ0v) is 12.8. The lowest BCUT2D eigenvalue weighted by atomic mass is 10.1. The smallest absolute Gasteiger partial charge is 0.227 e. The summed E-state index contributed by atoms with van der Waals surface area (Å²) in [5, 5.41) is 0. The molecule has 2 N–H and O–H groups in total. The molecule has 0 heterocycles. The number of nitrogens with zero attached hydrogens (tertiary/aromatic N) is 1. The van der Waals surface area contributed by atoms with E-state index < -0.39 is 11.6 Å². The van der Waals surface area contributed by atoms with Crippen molar-refractivity contribution in [1.29, 1.82) is 0 Å². The first-order valence-electron chi connectivity index (χ1n) is 7.56. The van der Waals surface area contributed by atoms with Gasteiger partial charge >= 0.3 is 0 Å². The highest BCUT2D eigenvalue weighted by Gasteiger charge is 2.18. The molecule has 0 bridgehead atoms. The maximum Gasteiger partial charge on any atom is 0.227 e. The van der Waals surface area contributed by atoms with Gasteiger partial charge in [-0.05, 0) is 24.1 Å². The third-order valence-electron chi connectivity index (χ3n) is 3.65. The molecule has 0 fully saturated rings. The summed E-state index contributed by atoms with van der Waals surface area (Å²) in [6.07, 6.45) is 0.375. The molecule has 0 saturated heterocycles. The van der Waals surface area contributed by atoms with Gasteiger partial charge in [-0.25, -0.2) is 8.78 Å². The van der Waals surface area contributed by atoms with E-state index >= 15 is 0 Å². The van der Waals surface area contributed by atoms with Crippen LogP contribution < -0.4 is 5.73 Å². The minimum absolute atomic E-state index is 0.195. The summed E-state index contributed by atoms with van der Waals surface area (Å²) in [7, 11) is 0. The van der Waals surface area contributed by atoms with Gasteiger partial charge in [0.1, 0.15) is 11.6 Å². The van der Waals surface area contributed by atoms with Gasteiger partial charge in [0.25, 0.3) is 0 Å². The van der Waals surface area contributed by atoms with Crippen LogP contribution in [0, 0.1) is 11.6 Å². The molecule has 5 heteroatoms. The molecule has 0 unspecified atom stereocenters. The van der Waals surface area contributed by atoms with Gasteiger partial charge in [-0.1, -0.05) is 36.4 Å². The summed E-state index contributed by atoms with van der Waals surface area (Å²) < 4.78 is 27.4. The molecule has 2 aromatic rings. The molecule has 0 radical (unpaired) electrons. The van der Waals surface area contributed by atoms with Gasteiger partial charge in [-0.15, -0.1) is 0 Å². The van der Waals surface area contributed by atoms with Crippen molar-refractivity contribution in [2.24, 2.45) is 5.73 Å². The molecule has 0 aliphatic heterocycles. The minimum atomic E-state index is -0.700. The van der Waals surface area contributed by atoms with Crippen LogP contribution in [0.4, 0.5) is 8.78 Å². The number of hydrogen-bond acceptors (Lipinski definition) is 2. The number of carbonyl (C=O) groups excluding carboxylic acids is 1. The summed E-state index contributed by atoms with van der Waals surface area (Å²) in [4.78, 5) is 13.9. The minimum Gasteiger partial charge on any atom is -0.341 e. The highest BCUT2D eigenvalue weighted by Crippen LogP contribution is 2.14. The van der Waals surface area contributed by atoms with Crippen LogP contribution in [0.3, 0.4) is 0 Å². The molecule has 1 amide bonds. The number of carbonyl (C=O) groups is 1. The second-order valence-electron chi connectivity index (χ2n) is 5.28. The monoisotopic (exact) mass is 318 g/mol. The Morgan fingerprint density at radius 2 is 1.61 bits per heavy atom. The molecule has 23 heavy (non-hydrogen) atoms. The van der Waals surface area contributed by atoms with Crippen molar-refractivity contribution in [3.63, 3.8) is 0 Å². The predicted octanol–water partition coefficient (Wildman–Crippen LogP) is 2.54. The van der Waals surface area contributed by atoms with Crippen LogP contribution in [0.25, 0.3) is 0 Å². The zero-order valence-electron chi connectivity index (χ0n) is 12.8. The lowest BCUT2D eigenvalue weighted by molar-refractivity contribution is -0.130. The van der Waals surface area contributed by atoms with Gasteiger partial charge in [-0.3, -0.25) is 4.79 Å². The Hall–Kier alpha value is -2.27. The van der Waals surface area contributed by atoms with E-state index in [9.17, 15) is 13.6 Å². The summed E-state index contributed by atoms with van der Waals surface area (Å²) in [6.45, 7) is 1.14. The van der Waals surface area contributed by atoms with E-state index in [0.717, 1.165) is 17.7 Å². The van der Waals surface area contributed by atoms with Crippen molar-refractivity contribution in [2.75, 3.05) is 19.6 Å². The zero-order chi connectivity index (χ0) is 16.7. The molecule has 0 saturated carbocycles. The maximum atomic E-state index is 13.7. The summed E-state index contributed by atoms with van der Waals surface area (Å²) >= 11 is 0. The van der Waals surface area contributed by atoms with E-state index in [4.69, 9.17) is 5.73 Å². The standard InChI is InChI=1S/C18H20F2N2O/c19-16-7-4-8-17(20)15(16)13-18(23)22(12-10-21)11-9-14-5-2-1-3-6-14/h1-8H,9-13,21H2. The summed E-state index contributed by atoms with van der Waals surface area (Å²) in [6, 6.07) is 13.3. The average Bonchev–Trinajstić information content (AvgIpc) is 2.56. The molecule has 2 aromatic carbocycles. The van der Waals surface area contributed by atoms with Crippen molar-refractivity contribution in [2.45, 2.75) is 12.8 Å². The Bertz CT molecular complexity index is 626. The third kappa shape index (κ3) is 4.86. The fraction of sp³-hybridized carbons (Fsp3) is 0.278. The predicted molar refractivity (Wildman–Crippen MR) is 85.8 cm³/mol. The van der Waals surface area contributed by atoms with Crippen LogP contribution in [0.5, 0.6) is 0 Å². The van der Waals surface area contributed by atoms with Gasteiger partial charge in [0, 0.05) is 25.2 Å². The first-order chi connectivity index (χ1) is 11.1. The number of benzene rings is 2. The van der Waals surface area contributed by atoms with Crippen LogP contribution >= 0.6 is 0 Å². The molecular formula is C18H20F2N2O. The first-order valence-corrected chi connectivity index (χ1v) is 7.56. The van der Waals surface area contributed by atoms with Gasteiger partial charge in [-0.2, -0.15) is 0 Å². The molecule has 2 rings (SSSR count). The topological polar surface area (TPSA) is 46.3 Å². The van der Waals surface area contributed by atoms with Crippen LogP contribution in [-0.4, -0.2) is 30.4 Å². The van der Waals surface area contributed by atoms with Crippen molar-refractivity contribution in [3.05, 3.63) is 71.3 Å². The number of rotatable bonds is 7. The van der Waals surface area contributed by atoms with E-state index in [1.807, 2.05) is 30.3 Å². The number of amides is 1. The fourth-order valence-electron chi connectivity index (χ4n) is 2.39. The molecule has 0 aromatic heterocycles. The molecule has 3 nitrogen and oxygen atoms in total. The lowest BCUT2D eigenvalue weighted by Crippen LogP contribution is -2.38. The molecule has 0 aliphatic rings. The van der Waals surface area contributed by atoms with Crippen molar-refractivity contribution in [3.8, 4) is 0 Å². The highest BCUT2D eigenvalue weighted by atomic mass is 19.1. The lowest BCUT2D eigenvalue weighted by Gasteiger charge is -2.22. The first kappa shape index (κ1) is 17.1. The Morgan fingerprint density at radius 3 is 2.22 bits per heavy atom. The van der Waals surface area contributed by atoms with Gasteiger partial charge < -0.3 is 10.6 Å². The van der Waals surface area contributed by atoms with Crippen molar-refractivity contribution < 1.29 is 13.6 Å². The van der Waals surface area contributed by atoms with Gasteiger partial charge in [0.05, 0.1) is 6.42 Å². The molecule has 122 valence electrons. The summed E-state index contributed by atoms with van der Waals surface area (Å²) in [5.41, 5.74) is 6.45. The van der Waals surface area contributed by atoms with Crippen LogP contribution in [0.2, 0.25) is 0 Å². The normalized spacial score (nSPS) is 10.6. The van der Waals surface area contributed by atoms with Crippen LogP contribution in [0.1, 0.15) is 11.1 Å². The maximum absolute atomic E-state index is 13.7. The highest BCUT2D eigenvalue weighted by molar-refractivity contribution is 5.79. The fourth-order valence-corrected chi connectivity index (χ4v) is 2.39. The SMILES string of the molecule is NCCN(CCc1ccccc1)C(=O)Cc1c(F)cccc1F. The molecule has 0 spiro atoms. The molecular weight excluding hydrogens is 298 g/mol. The van der Waals surface area contributed by atoms with Gasteiger partial charge in [0.2, 0.25) is 5.91 Å². The quantitative estimate of drug-likeness (QED) is 0.853. The van der Waals surface area contributed by atoms with Crippen molar-refractivity contribution >= 4 is 5.91 Å². The Labute approximate surface area is 134 Å². The molecule has 0 aliphatic carbocycles. The molecule has 0 atom stereocenters. The van der Waals surface area contributed by atoms with E-state index in [-0.39, 0.29) is 17.9 Å². The number of hydrogen-bond donors (Lipinski definition) is 1. The Balaban J connectivity index is 2.03. The van der Waals surface area contributed by atoms with E-state index in [0.29, 0.717) is 26.1 Å². The average molecular weight is 318 g/mol. The van der Waals surface area contributed by atoms with Crippen LogP contribution in [0.15, 0.2) is 48.5 Å². The van der Waals surface area contributed by atoms with Gasteiger partial charge in [0.15, 0.2) is 0 Å². The second kappa shape index (κ2) is 8.39. The number of nitrogens with two attached hydrogens (primary N) is 1. The Kier molecular flexibility index (Phi) is 6.23. The van der Waals surface area contributed by atoms with E-state index in [2.05, 4.69) is 0 Å². The Morgan fingerprint density at radius 1 is 0.957 bits per heavy atom. The van der Waals surface area contributed by atoms with E-state index in [1.54, 1.807) is 4.90 Å². The van der Waals surface area contributed by atoms with E-state index in [1.165, 1.54) is 6.07 Å².